The molecule has 0 aromatic rings. The summed E-state index contributed by atoms with van der Waals surface area (Å²) in [5, 5.41) is 0. The van der Waals surface area contributed by atoms with Crippen LogP contribution in [0.5, 0.6) is 0 Å². The molecule has 96 valence electrons. The first-order chi connectivity index (χ1) is 7.26. The van der Waals surface area contributed by atoms with Crippen molar-refractivity contribution in [1.82, 2.24) is 4.90 Å². The maximum atomic E-state index is 4.44. The highest BCUT2D eigenvalue weighted by atomic mass is 32.1. The van der Waals surface area contributed by atoms with Crippen molar-refractivity contribution in [2.24, 2.45) is 10.8 Å². The first-order valence-electron chi connectivity index (χ1n) is 6.57. The highest BCUT2D eigenvalue weighted by Gasteiger charge is 2.30. The van der Waals surface area contributed by atoms with Gasteiger partial charge >= 0.3 is 0 Å². The molecule has 0 aromatic carbocycles. The lowest BCUT2D eigenvalue weighted by Crippen LogP contribution is -2.42. The van der Waals surface area contributed by atoms with Crippen molar-refractivity contribution in [3.63, 3.8) is 0 Å². The van der Waals surface area contributed by atoms with E-state index in [1.807, 2.05) is 0 Å². The molecule has 0 atom stereocenters. The molecule has 0 heterocycles. The van der Waals surface area contributed by atoms with E-state index in [9.17, 15) is 0 Å². The summed E-state index contributed by atoms with van der Waals surface area (Å²) in [4.78, 5) is 2.56. The zero-order valence-electron chi connectivity index (χ0n) is 11.7. The molecule has 0 amide bonds. The van der Waals surface area contributed by atoms with Crippen LogP contribution in [0, 0.1) is 10.8 Å². The Kier molecular flexibility index (Phi) is 4.76. The van der Waals surface area contributed by atoms with Crippen molar-refractivity contribution in [3.05, 3.63) is 0 Å². The summed E-state index contributed by atoms with van der Waals surface area (Å²) < 4.78 is 0. The SMILES string of the molecule is CN(CC(C)(C)CS)C1CCC(C)(C)CC1. The molecule has 1 nitrogen and oxygen atoms in total. The Morgan fingerprint density at radius 2 is 1.75 bits per heavy atom. The van der Waals surface area contributed by atoms with E-state index in [4.69, 9.17) is 0 Å². The first-order valence-corrected chi connectivity index (χ1v) is 7.20. The van der Waals surface area contributed by atoms with Gasteiger partial charge in [-0.25, -0.2) is 0 Å². The summed E-state index contributed by atoms with van der Waals surface area (Å²) in [7, 11) is 2.29. The largest absolute Gasteiger partial charge is 0.303 e. The van der Waals surface area contributed by atoms with Gasteiger partial charge in [-0.3, -0.25) is 0 Å². The lowest BCUT2D eigenvalue weighted by molar-refractivity contribution is 0.102. The predicted octanol–water partition coefficient (Wildman–Crippen LogP) is 3.84. The van der Waals surface area contributed by atoms with E-state index >= 15 is 0 Å². The van der Waals surface area contributed by atoms with E-state index in [1.54, 1.807) is 0 Å². The van der Waals surface area contributed by atoms with Crippen LogP contribution in [-0.2, 0) is 0 Å². The Morgan fingerprint density at radius 1 is 1.25 bits per heavy atom. The molecular weight excluding hydrogens is 214 g/mol. The van der Waals surface area contributed by atoms with E-state index in [2.05, 4.69) is 52.3 Å². The second kappa shape index (κ2) is 5.30. The fraction of sp³-hybridized carbons (Fsp3) is 1.00. The van der Waals surface area contributed by atoms with Gasteiger partial charge in [-0.2, -0.15) is 12.6 Å². The average molecular weight is 243 g/mol. The molecular formula is C14H29NS. The van der Waals surface area contributed by atoms with Crippen LogP contribution in [0.1, 0.15) is 53.4 Å². The molecule has 0 spiro atoms. The molecule has 0 bridgehead atoms. The fourth-order valence-electron chi connectivity index (χ4n) is 2.68. The summed E-state index contributed by atoms with van der Waals surface area (Å²) in [5.41, 5.74) is 0.918. The summed E-state index contributed by atoms with van der Waals surface area (Å²) in [6, 6.07) is 0.798. The van der Waals surface area contributed by atoms with Crippen LogP contribution >= 0.6 is 12.6 Å². The van der Waals surface area contributed by atoms with Gasteiger partial charge in [0.25, 0.3) is 0 Å². The lowest BCUT2D eigenvalue weighted by Gasteiger charge is -2.41. The Hall–Kier alpha value is 0.310. The van der Waals surface area contributed by atoms with Gasteiger partial charge in [-0.05, 0) is 49.3 Å². The van der Waals surface area contributed by atoms with Crippen LogP contribution in [-0.4, -0.2) is 30.3 Å². The summed E-state index contributed by atoms with van der Waals surface area (Å²) >= 11 is 4.44. The molecule has 16 heavy (non-hydrogen) atoms. The first kappa shape index (κ1) is 14.4. The highest BCUT2D eigenvalue weighted by Crippen LogP contribution is 2.37. The molecule has 1 saturated carbocycles. The van der Waals surface area contributed by atoms with E-state index < -0.39 is 0 Å². The van der Waals surface area contributed by atoms with E-state index in [0.29, 0.717) is 10.8 Å². The summed E-state index contributed by atoms with van der Waals surface area (Å²) in [6.07, 6.45) is 5.49. The molecule has 1 fully saturated rings. The monoisotopic (exact) mass is 243 g/mol. The van der Waals surface area contributed by atoms with Crippen molar-refractivity contribution in [1.29, 1.82) is 0 Å². The van der Waals surface area contributed by atoms with Crippen LogP contribution in [0.3, 0.4) is 0 Å². The Balaban J connectivity index is 2.42. The van der Waals surface area contributed by atoms with E-state index in [1.165, 1.54) is 32.2 Å². The van der Waals surface area contributed by atoms with E-state index in [-0.39, 0.29) is 0 Å². The van der Waals surface area contributed by atoms with Crippen molar-refractivity contribution in [3.8, 4) is 0 Å². The van der Waals surface area contributed by atoms with Gasteiger partial charge in [-0.15, -0.1) is 0 Å². The predicted molar refractivity (Wildman–Crippen MR) is 76.3 cm³/mol. The molecule has 2 heteroatoms. The Labute approximate surface area is 107 Å². The van der Waals surface area contributed by atoms with Crippen molar-refractivity contribution in [2.45, 2.75) is 59.4 Å². The molecule has 0 radical (unpaired) electrons. The van der Waals surface area contributed by atoms with Crippen LogP contribution in [0.2, 0.25) is 0 Å². The van der Waals surface area contributed by atoms with Crippen LogP contribution < -0.4 is 0 Å². The van der Waals surface area contributed by atoms with Crippen molar-refractivity contribution < 1.29 is 0 Å². The van der Waals surface area contributed by atoms with Crippen LogP contribution in [0.4, 0.5) is 0 Å². The molecule has 0 aliphatic heterocycles. The third-order valence-corrected chi connectivity index (χ3v) is 4.89. The van der Waals surface area contributed by atoms with Gasteiger partial charge in [0.1, 0.15) is 0 Å². The third kappa shape index (κ3) is 4.29. The highest BCUT2D eigenvalue weighted by molar-refractivity contribution is 7.80. The maximum Gasteiger partial charge on any atom is 0.00928 e. The van der Waals surface area contributed by atoms with Crippen molar-refractivity contribution >= 4 is 12.6 Å². The van der Waals surface area contributed by atoms with Crippen molar-refractivity contribution in [2.75, 3.05) is 19.3 Å². The Bertz CT molecular complexity index is 213. The second-order valence-corrected chi connectivity index (χ2v) is 7.45. The second-order valence-electron chi connectivity index (χ2n) is 7.13. The lowest BCUT2D eigenvalue weighted by atomic mass is 9.75. The third-order valence-electron chi connectivity index (χ3n) is 4.04. The number of hydrogen-bond acceptors (Lipinski definition) is 2. The van der Waals surface area contributed by atoms with Gasteiger partial charge < -0.3 is 4.90 Å². The van der Waals surface area contributed by atoms with Gasteiger partial charge in [0.05, 0.1) is 0 Å². The van der Waals surface area contributed by atoms with Gasteiger partial charge in [0.15, 0.2) is 0 Å². The van der Waals surface area contributed by atoms with Gasteiger partial charge in [0, 0.05) is 12.6 Å². The summed E-state index contributed by atoms with van der Waals surface area (Å²) in [6.45, 7) is 10.6. The normalized spacial score (nSPS) is 22.7. The minimum atomic E-state index is 0.338. The number of nitrogens with zero attached hydrogens (tertiary/aromatic N) is 1. The molecule has 0 N–H and O–H groups in total. The molecule has 0 unspecified atom stereocenters. The average Bonchev–Trinajstić information content (AvgIpc) is 2.16. The standard InChI is InChI=1S/C14H29NS/c1-13(2)8-6-12(7-9-13)15(5)10-14(3,4)11-16/h12,16H,6-11H2,1-5H3. The molecule has 1 aliphatic carbocycles. The smallest absolute Gasteiger partial charge is 0.00928 e. The quantitative estimate of drug-likeness (QED) is 0.734. The number of rotatable bonds is 4. The zero-order chi connectivity index (χ0) is 12.4. The summed E-state index contributed by atoms with van der Waals surface area (Å²) in [5.74, 6) is 0.968. The fourth-order valence-corrected chi connectivity index (χ4v) is 2.78. The number of thiol groups is 1. The van der Waals surface area contributed by atoms with Gasteiger partial charge in [-0.1, -0.05) is 27.7 Å². The number of hydrogen-bond donors (Lipinski definition) is 1. The topological polar surface area (TPSA) is 3.24 Å². The zero-order valence-corrected chi connectivity index (χ0v) is 12.6. The molecule has 1 aliphatic rings. The maximum absolute atomic E-state index is 4.44. The molecule has 0 aromatic heterocycles. The molecule has 1 rings (SSSR count). The Morgan fingerprint density at radius 3 is 2.19 bits per heavy atom. The van der Waals surface area contributed by atoms with Crippen LogP contribution in [0.25, 0.3) is 0 Å². The van der Waals surface area contributed by atoms with Crippen LogP contribution in [0.15, 0.2) is 0 Å². The minimum absolute atomic E-state index is 0.338. The van der Waals surface area contributed by atoms with E-state index in [0.717, 1.165) is 11.8 Å². The molecule has 0 saturated heterocycles. The minimum Gasteiger partial charge on any atom is -0.303 e. The van der Waals surface area contributed by atoms with Gasteiger partial charge in [0.2, 0.25) is 0 Å².